The smallest absolute Gasteiger partial charge is 0.227 e. The maximum atomic E-state index is 4.69. The van der Waals surface area contributed by atoms with Crippen LogP contribution in [0.3, 0.4) is 0 Å². The number of nitrogens with zero attached hydrogens (tertiary/aromatic N) is 4. The average molecular weight is 333 g/mol. The van der Waals surface area contributed by atoms with Crippen molar-refractivity contribution in [2.24, 2.45) is 0 Å². The molecule has 0 bridgehead atoms. The second-order valence-corrected chi connectivity index (χ2v) is 6.16. The molecular formula is C20H23N5. The van der Waals surface area contributed by atoms with Crippen LogP contribution in [0.1, 0.15) is 25.0 Å². The molecule has 0 fully saturated rings. The minimum absolute atomic E-state index is 0.300. The second-order valence-electron chi connectivity index (χ2n) is 6.16. The van der Waals surface area contributed by atoms with Crippen molar-refractivity contribution in [2.45, 2.75) is 33.0 Å². The molecule has 0 saturated heterocycles. The second kappa shape index (κ2) is 8.24. The van der Waals surface area contributed by atoms with E-state index < -0.39 is 0 Å². The minimum Gasteiger partial charge on any atom is -0.366 e. The highest BCUT2D eigenvalue weighted by molar-refractivity contribution is 5.43. The number of anilines is 2. The van der Waals surface area contributed by atoms with Crippen LogP contribution in [0.4, 0.5) is 11.8 Å². The van der Waals surface area contributed by atoms with Crippen molar-refractivity contribution in [3.05, 3.63) is 78.2 Å². The summed E-state index contributed by atoms with van der Waals surface area (Å²) in [6.45, 7) is 5.78. The van der Waals surface area contributed by atoms with Gasteiger partial charge in [0, 0.05) is 37.7 Å². The molecule has 0 spiro atoms. The molecule has 0 aliphatic heterocycles. The topological polar surface area (TPSA) is 53.9 Å². The highest BCUT2D eigenvalue weighted by Crippen LogP contribution is 2.17. The van der Waals surface area contributed by atoms with Crippen LogP contribution in [-0.2, 0) is 13.1 Å². The number of nitrogens with one attached hydrogen (secondary N) is 1. The van der Waals surface area contributed by atoms with Crippen LogP contribution in [0, 0.1) is 0 Å². The summed E-state index contributed by atoms with van der Waals surface area (Å²) < 4.78 is 0. The fourth-order valence-corrected chi connectivity index (χ4v) is 2.54. The van der Waals surface area contributed by atoms with Gasteiger partial charge in [-0.05, 0) is 37.1 Å². The lowest BCUT2D eigenvalue weighted by molar-refractivity contribution is 0.661. The summed E-state index contributed by atoms with van der Waals surface area (Å²) in [5, 5.41) is 3.34. The molecule has 3 rings (SSSR count). The van der Waals surface area contributed by atoms with Crippen LogP contribution in [-0.4, -0.2) is 21.0 Å². The Morgan fingerprint density at radius 3 is 2.48 bits per heavy atom. The Labute approximate surface area is 148 Å². The highest BCUT2D eigenvalue weighted by Gasteiger charge is 2.14. The Balaban J connectivity index is 1.73. The molecule has 5 nitrogen and oxygen atoms in total. The first-order valence-electron chi connectivity index (χ1n) is 8.49. The first kappa shape index (κ1) is 16.9. The van der Waals surface area contributed by atoms with Gasteiger partial charge in [0.05, 0.1) is 0 Å². The average Bonchev–Trinajstić information content (AvgIpc) is 2.66. The molecule has 2 heterocycles. The maximum Gasteiger partial charge on any atom is 0.227 e. The van der Waals surface area contributed by atoms with E-state index in [9.17, 15) is 0 Å². The quantitative estimate of drug-likeness (QED) is 0.711. The van der Waals surface area contributed by atoms with Crippen LogP contribution in [0.15, 0.2) is 67.1 Å². The van der Waals surface area contributed by atoms with Crippen molar-refractivity contribution in [1.29, 1.82) is 0 Å². The zero-order valence-corrected chi connectivity index (χ0v) is 14.6. The molecule has 1 aromatic carbocycles. The molecular weight excluding hydrogens is 310 g/mol. The predicted molar refractivity (Wildman–Crippen MR) is 101 cm³/mol. The minimum atomic E-state index is 0.300. The van der Waals surface area contributed by atoms with E-state index in [0.717, 1.165) is 23.9 Å². The largest absolute Gasteiger partial charge is 0.366 e. The molecule has 3 aromatic rings. The normalized spacial score (nSPS) is 10.7. The summed E-state index contributed by atoms with van der Waals surface area (Å²) in [4.78, 5) is 15.5. The summed E-state index contributed by atoms with van der Waals surface area (Å²) in [5.74, 6) is 1.54. The van der Waals surface area contributed by atoms with E-state index in [2.05, 4.69) is 63.3 Å². The molecule has 5 heteroatoms. The number of benzene rings is 1. The molecule has 0 saturated carbocycles. The molecule has 0 aliphatic rings. The van der Waals surface area contributed by atoms with Gasteiger partial charge in [0.15, 0.2) is 0 Å². The first-order chi connectivity index (χ1) is 12.2. The molecule has 0 radical (unpaired) electrons. The standard InChI is InChI=1S/C20H23N5/c1-16(2)25(15-17-7-4-3-5-8-17)20-22-12-10-19(24-20)23-14-18-9-6-11-21-13-18/h3-13,16H,14-15H2,1-2H3,(H,22,23,24). The van der Waals surface area contributed by atoms with E-state index >= 15 is 0 Å². The fourth-order valence-electron chi connectivity index (χ4n) is 2.54. The number of hydrogen-bond donors (Lipinski definition) is 1. The number of pyridine rings is 1. The highest BCUT2D eigenvalue weighted by atomic mass is 15.3. The van der Waals surface area contributed by atoms with Crippen molar-refractivity contribution in [1.82, 2.24) is 15.0 Å². The zero-order chi connectivity index (χ0) is 17.5. The molecule has 0 atom stereocenters. The Morgan fingerprint density at radius 1 is 0.960 bits per heavy atom. The van der Waals surface area contributed by atoms with Gasteiger partial charge in [-0.3, -0.25) is 4.98 Å². The summed E-state index contributed by atoms with van der Waals surface area (Å²) >= 11 is 0. The fraction of sp³-hybridized carbons (Fsp3) is 0.250. The molecule has 25 heavy (non-hydrogen) atoms. The van der Waals surface area contributed by atoms with E-state index in [4.69, 9.17) is 0 Å². The molecule has 0 amide bonds. The van der Waals surface area contributed by atoms with Crippen molar-refractivity contribution in [3.63, 3.8) is 0 Å². The lowest BCUT2D eigenvalue weighted by Crippen LogP contribution is -2.31. The van der Waals surface area contributed by atoms with Gasteiger partial charge in [-0.2, -0.15) is 4.98 Å². The van der Waals surface area contributed by atoms with Crippen LogP contribution in [0.5, 0.6) is 0 Å². The van der Waals surface area contributed by atoms with Gasteiger partial charge in [0.1, 0.15) is 5.82 Å². The van der Waals surface area contributed by atoms with Gasteiger partial charge < -0.3 is 10.2 Å². The Morgan fingerprint density at radius 2 is 1.76 bits per heavy atom. The Kier molecular flexibility index (Phi) is 5.57. The summed E-state index contributed by atoms with van der Waals surface area (Å²) in [6.07, 6.45) is 5.43. The molecule has 2 aromatic heterocycles. The van der Waals surface area contributed by atoms with Crippen LogP contribution >= 0.6 is 0 Å². The monoisotopic (exact) mass is 333 g/mol. The van der Waals surface area contributed by atoms with Gasteiger partial charge in [-0.15, -0.1) is 0 Å². The van der Waals surface area contributed by atoms with Crippen molar-refractivity contribution in [2.75, 3.05) is 10.2 Å². The van der Waals surface area contributed by atoms with Gasteiger partial charge in [0.25, 0.3) is 0 Å². The van der Waals surface area contributed by atoms with Crippen LogP contribution in [0.25, 0.3) is 0 Å². The first-order valence-corrected chi connectivity index (χ1v) is 8.49. The number of aromatic nitrogens is 3. The Hall–Kier alpha value is -2.95. The number of rotatable bonds is 7. The molecule has 0 unspecified atom stereocenters. The van der Waals surface area contributed by atoms with E-state index in [0.29, 0.717) is 12.6 Å². The van der Waals surface area contributed by atoms with E-state index in [1.54, 1.807) is 12.4 Å². The third-order valence-electron chi connectivity index (χ3n) is 3.92. The summed E-state index contributed by atoms with van der Waals surface area (Å²) in [7, 11) is 0. The lowest BCUT2D eigenvalue weighted by atomic mass is 10.2. The van der Waals surface area contributed by atoms with Crippen molar-refractivity contribution >= 4 is 11.8 Å². The maximum absolute atomic E-state index is 4.69. The third kappa shape index (κ3) is 4.76. The predicted octanol–water partition coefficient (Wildman–Crippen LogP) is 3.90. The molecule has 1 N–H and O–H groups in total. The third-order valence-corrected chi connectivity index (χ3v) is 3.92. The van der Waals surface area contributed by atoms with Gasteiger partial charge in [0.2, 0.25) is 5.95 Å². The van der Waals surface area contributed by atoms with Crippen LogP contribution < -0.4 is 10.2 Å². The number of hydrogen-bond acceptors (Lipinski definition) is 5. The van der Waals surface area contributed by atoms with Gasteiger partial charge in [-0.1, -0.05) is 36.4 Å². The van der Waals surface area contributed by atoms with Crippen molar-refractivity contribution in [3.8, 4) is 0 Å². The van der Waals surface area contributed by atoms with Gasteiger partial charge >= 0.3 is 0 Å². The van der Waals surface area contributed by atoms with Crippen molar-refractivity contribution < 1.29 is 0 Å². The van der Waals surface area contributed by atoms with E-state index in [1.165, 1.54) is 5.56 Å². The Bertz CT molecular complexity index is 774. The SMILES string of the molecule is CC(C)N(Cc1ccccc1)c1nccc(NCc2cccnc2)n1. The summed E-state index contributed by atoms with van der Waals surface area (Å²) in [6, 6.07) is 16.6. The van der Waals surface area contributed by atoms with Crippen LogP contribution in [0.2, 0.25) is 0 Å². The van der Waals surface area contributed by atoms with E-state index in [1.807, 2.05) is 30.5 Å². The van der Waals surface area contributed by atoms with Gasteiger partial charge in [-0.25, -0.2) is 4.98 Å². The summed E-state index contributed by atoms with van der Waals surface area (Å²) in [5.41, 5.74) is 2.36. The molecule has 128 valence electrons. The molecule has 0 aliphatic carbocycles. The van der Waals surface area contributed by atoms with E-state index in [-0.39, 0.29) is 0 Å². The zero-order valence-electron chi connectivity index (χ0n) is 14.6. The lowest BCUT2D eigenvalue weighted by Gasteiger charge is -2.27.